The van der Waals surface area contributed by atoms with E-state index < -0.39 is 0 Å². The summed E-state index contributed by atoms with van der Waals surface area (Å²) in [6.07, 6.45) is 5.26. The van der Waals surface area contributed by atoms with E-state index in [2.05, 4.69) is 9.97 Å². The summed E-state index contributed by atoms with van der Waals surface area (Å²) in [6.45, 7) is 2.47. The molecule has 0 saturated carbocycles. The summed E-state index contributed by atoms with van der Waals surface area (Å²) >= 11 is 0. The molecule has 7 heteroatoms. The van der Waals surface area contributed by atoms with Crippen molar-refractivity contribution in [2.45, 2.75) is 45.1 Å². The number of nitrogens with zero attached hydrogens (tertiary/aromatic N) is 4. The number of hydrogen-bond donors (Lipinski definition) is 0. The molecule has 2 aromatic rings. The molecule has 1 atom stereocenters. The Morgan fingerprint density at radius 1 is 1.21 bits per heavy atom. The lowest BCUT2D eigenvalue weighted by atomic mass is 9.99. The first-order valence-corrected chi connectivity index (χ1v) is 9.96. The van der Waals surface area contributed by atoms with Gasteiger partial charge in [-0.25, -0.2) is 14.4 Å². The van der Waals surface area contributed by atoms with Gasteiger partial charge in [0.2, 0.25) is 5.91 Å². The maximum atomic E-state index is 13.1. The minimum absolute atomic E-state index is 0.0497. The quantitative estimate of drug-likeness (QED) is 0.775. The highest BCUT2D eigenvalue weighted by atomic mass is 19.1. The van der Waals surface area contributed by atoms with Crippen molar-refractivity contribution in [2.24, 2.45) is 0 Å². The molecule has 0 aliphatic carbocycles. The molecule has 1 aromatic carbocycles. The Balaban J connectivity index is 1.73. The standard InChI is InChI=1S/C22H27FN4O2/c1-15-18(22(29)26(2)3)14-24-21(25-15)19-6-4-5-13-27(19)20(28)12-9-16-7-10-17(23)11-8-16/h7-8,10-11,14,19H,4-6,9,12-13H2,1-3H3/t19-/m0/s1. The zero-order valence-electron chi connectivity index (χ0n) is 17.2. The molecule has 29 heavy (non-hydrogen) atoms. The third-order valence-electron chi connectivity index (χ3n) is 5.30. The number of aromatic nitrogens is 2. The molecule has 1 fully saturated rings. The van der Waals surface area contributed by atoms with Gasteiger partial charge in [-0.2, -0.15) is 0 Å². The van der Waals surface area contributed by atoms with Crippen molar-refractivity contribution in [3.05, 3.63) is 58.9 Å². The van der Waals surface area contributed by atoms with Crippen LogP contribution < -0.4 is 0 Å². The number of amides is 2. The summed E-state index contributed by atoms with van der Waals surface area (Å²) in [7, 11) is 3.39. The predicted octanol–water partition coefficient (Wildman–Crippen LogP) is 3.31. The van der Waals surface area contributed by atoms with Gasteiger partial charge in [0.05, 0.1) is 17.3 Å². The minimum Gasteiger partial charge on any atom is -0.345 e. The third kappa shape index (κ3) is 4.96. The molecule has 1 aliphatic rings. The first-order valence-electron chi connectivity index (χ1n) is 9.96. The van der Waals surface area contributed by atoms with Crippen LogP contribution in [0.4, 0.5) is 4.39 Å². The molecule has 154 valence electrons. The second-order valence-electron chi connectivity index (χ2n) is 7.65. The Bertz CT molecular complexity index is 883. The lowest BCUT2D eigenvalue weighted by Crippen LogP contribution is -2.39. The fraction of sp³-hybridized carbons (Fsp3) is 0.455. The number of hydrogen-bond acceptors (Lipinski definition) is 4. The van der Waals surface area contributed by atoms with Gasteiger partial charge in [-0.3, -0.25) is 9.59 Å². The topological polar surface area (TPSA) is 66.4 Å². The summed E-state index contributed by atoms with van der Waals surface area (Å²) in [5, 5.41) is 0. The van der Waals surface area contributed by atoms with Gasteiger partial charge in [0.1, 0.15) is 5.82 Å². The van der Waals surface area contributed by atoms with Crippen LogP contribution >= 0.6 is 0 Å². The molecule has 1 saturated heterocycles. The van der Waals surface area contributed by atoms with E-state index in [1.165, 1.54) is 17.0 Å². The number of rotatable bonds is 5. The highest BCUT2D eigenvalue weighted by molar-refractivity contribution is 5.94. The largest absolute Gasteiger partial charge is 0.345 e. The Hall–Kier alpha value is -2.83. The van der Waals surface area contributed by atoms with Crippen LogP contribution in [0.3, 0.4) is 0 Å². The summed E-state index contributed by atoms with van der Waals surface area (Å²) in [5.74, 6) is 0.228. The molecule has 0 bridgehead atoms. The van der Waals surface area contributed by atoms with Crippen LogP contribution in [0.5, 0.6) is 0 Å². The van der Waals surface area contributed by atoms with E-state index in [0.717, 1.165) is 24.8 Å². The fourth-order valence-corrected chi connectivity index (χ4v) is 3.64. The van der Waals surface area contributed by atoms with Crippen molar-refractivity contribution in [1.29, 1.82) is 0 Å². The molecule has 0 radical (unpaired) electrons. The summed E-state index contributed by atoms with van der Waals surface area (Å²) < 4.78 is 13.1. The van der Waals surface area contributed by atoms with E-state index in [9.17, 15) is 14.0 Å². The second kappa shape index (κ2) is 9.11. The van der Waals surface area contributed by atoms with E-state index in [-0.39, 0.29) is 23.7 Å². The van der Waals surface area contributed by atoms with Crippen molar-refractivity contribution in [3.8, 4) is 0 Å². The number of likely N-dealkylation sites (tertiary alicyclic amines) is 1. The molecule has 0 spiro atoms. The highest BCUT2D eigenvalue weighted by Crippen LogP contribution is 2.30. The molecule has 1 aliphatic heterocycles. The van der Waals surface area contributed by atoms with Crippen molar-refractivity contribution in [2.75, 3.05) is 20.6 Å². The SMILES string of the molecule is Cc1nc([C@@H]2CCCCN2C(=O)CCc2ccc(F)cc2)ncc1C(=O)N(C)C. The van der Waals surface area contributed by atoms with Gasteiger partial charge in [0.15, 0.2) is 5.82 Å². The van der Waals surface area contributed by atoms with E-state index in [1.54, 1.807) is 39.3 Å². The van der Waals surface area contributed by atoms with Crippen LogP contribution in [0.25, 0.3) is 0 Å². The van der Waals surface area contributed by atoms with Crippen LogP contribution in [0.15, 0.2) is 30.5 Å². The smallest absolute Gasteiger partial charge is 0.256 e. The fourth-order valence-electron chi connectivity index (χ4n) is 3.64. The lowest BCUT2D eigenvalue weighted by molar-refractivity contribution is -0.135. The maximum Gasteiger partial charge on any atom is 0.256 e. The van der Waals surface area contributed by atoms with Crippen LogP contribution in [-0.4, -0.2) is 52.2 Å². The average Bonchev–Trinajstić information content (AvgIpc) is 2.72. The van der Waals surface area contributed by atoms with Gasteiger partial charge in [-0.1, -0.05) is 12.1 Å². The van der Waals surface area contributed by atoms with E-state index in [1.807, 2.05) is 4.90 Å². The van der Waals surface area contributed by atoms with Crippen molar-refractivity contribution < 1.29 is 14.0 Å². The lowest BCUT2D eigenvalue weighted by Gasteiger charge is -2.35. The summed E-state index contributed by atoms with van der Waals surface area (Å²) in [4.78, 5) is 37.5. The van der Waals surface area contributed by atoms with E-state index >= 15 is 0 Å². The molecular weight excluding hydrogens is 371 g/mol. The van der Waals surface area contributed by atoms with Gasteiger partial charge in [0.25, 0.3) is 5.91 Å². The molecule has 1 aromatic heterocycles. The van der Waals surface area contributed by atoms with Gasteiger partial charge < -0.3 is 9.80 Å². The second-order valence-corrected chi connectivity index (χ2v) is 7.65. The third-order valence-corrected chi connectivity index (χ3v) is 5.30. The van der Waals surface area contributed by atoms with Gasteiger partial charge in [-0.15, -0.1) is 0 Å². The Labute approximate surface area is 170 Å². The normalized spacial score (nSPS) is 16.6. The van der Waals surface area contributed by atoms with Crippen LogP contribution in [0, 0.1) is 12.7 Å². The number of carbonyl (C=O) groups excluding carboxylic acids is 2. The number of aryl methyl sites for hydroxylation is 2. The van der Waals surface area contributed by atoms with Crippen molar-refractivity contribution in [3.63, 3.8) is 0 Å². The average molecular weight is 398 g/mol. The number of benzene rings is 1. The number of halogens is 1. The van der Waals surface area contributed by atoms with Crippen molar-refractivity contribution in [1.82, 2.24) is 19.8 Å². The van der Waals surface area contributed by atoms with Crippen LogP contribution in [0.1, 0.15) is 59.2 Å². The van der Waals surface area contributed by atoms with Crippen LogP contribution in [-0.2, 0) is 11.2 Å². The maximum absolute atomic E-state index is 13.1. The first-order chi connectivity index (χ1) is 13.9. The minimum atomic E-state index is -0.278. The van der Waals surface area contributed by atoms with Gasteiger partial charge in [0, 0.05) is 33.3 Å². The van der Waals surface area contributed by atoms with Gasteiger partial charge in [-0.05, 0) is 50.3 Å². The molecule has 6 nitrogen and oxygen atoms in total. The highest BCUT2D eigenvalue weighted by Gasteiger charge is 2.30. The molecular formula is C22H27FN4O2. The molecule has 3 rings (SSSR count). The zero-order valence-corrected chi connectivity index (χ0v) is 17.2. The van der Waals surface area contributed by atoms with E-state index in [4.69, 9.17) is 0 Å². The Morgan fingerprint density at radius 3 is 2.59 bits per heavy atom. The van der Waals surface area contributed by atoms with Crippen molar-refractivity contribution >= 4 is 11.8 Å². The molecule has 2 heterocycles. The molecule has 2 amide bonds. The summed E-state index contributed by atoms with van der Waals surface area (Å²) in [6, 6.07) is 6.08. The Morgan fingerprint density at radius 2 is 1.93 bits per heavy atom. The monoisotopic (exact) mass is 398 g/mol. The van der Waals surface area contributed by atoms with E-state index in [0.29, 0.717) is 36.5 Å². The predicted molar refractivity (Wildman–Crippen MR) is 108 cm³/mol. The first kappa shape index (κ1) is 20.9. The molecule has 0 unspecified atom stereocenters. The van der Waals surface area contributed by atoms with Crippen LogP contribution in [0.2, 0.25) is 0 Å². The number of carbonyl (C=O) groups is 2. The number of piperidine rings is 1. The molecule has 0 N–H and O–H groups in total. The zero-order chi connectivity index (χ0) is 21.0. The summed E-state index contributed by atoms with van der Waals surface area (Å²) in [5.41, 5.74) is 2.04. The Kier molecular flexibility index (Phi) is 6.56. The van der Waals surface area contributed by atoms with Gasteiger partial charge >= 0.3 is 0 Å².